The van der Waals surface area contributed by atoms with Gasteiger partial charge in [0.25, 0.3) is 0 Å². The molecule has 8 heteroatoms. The second-order valence-electron chi connectivity index (χ2n) is 8.37. The molecule has 0 fully saturated rings. The highest BCUT2D eigenvalue weighted by Crippen LogP contribution is 2.25. The highest BCUT2D eigenvalue weighted by Gasteiger charge is 2.28. The summed E-state index contributed by atoms with van der Waals surface area (Å²) < 4.78 is 5.61. The molecule has 0 unspecified atom stereocenters. The van der Waals surface area contributed by atoms with Crippen molar-refractivity contribution in [1.29, 1.82) is 0 Å². The number of nitrogens with zero attached hydrogens (tertiary/aromatic N) is 3. The van der Waals surface area contributed by atoms with Crippen LogP contribution >= 0.6 is 0 Å². The van der Waals surface area contributed by atoms with E-state index in [4.69, 9.17) is 4.74 Å². The lowest BCUT2D eigenvalue weighted by molar-refractivity contribution is -0.148. The number of carboxylic acid groups (broad SMARTS) is 1. The lowest BCUT2D eigenvalue weighted by Crippen LogP contribution is -2.30. The van der Waals surface area contributed by atoms with Crippen LogP contribution in [-0.2, 0) is 4.79 Å². The number of nitrogens with one attached hydrogen (secondary N) is 2. The standard InChI is InChI=1S/C25H25N5O3/c1-16-11-21(33-15-25(2,3)24(31)32)27-13-19(16)18-9-10-26-22(28-12-18)23-29-14-20(30-23)17-7-5-4-6-8-17/h4-14H,15H2,1-3H3,(H,26,28)(H,29,30)(H,31,32). The number of aromatic nitrogens is 3. The lowest BCUT2D eigenvalue weighted by Gasteiger charge is -2.19. The summed E-state index contributed by atoms with van der Waals surface area (Å²) >= 11 is 0. The van der Waals surface area contributed by atoms with Crippen molar-refractivity contribution in [2.24, 2.45) is 10.4 Å². The number of hydrogen-bond acceptors (Lipinski definition) is 6. The van der Waals surface area contributed by atoms with Crippen LogP contribution in [0.1, 0.15) is 30.8 Å². The molecule has 1 aliphatic heterocycles. The van der Waals surface area contributed by atoms with Gasteiger partial charge in [-0.15, -0.1) is 0 Å². The minimum Gasteiger partial charge on any atom is -0.481 e. The smallest absolute Gasteiger partial charge is 0.312 e. The first-order valence-electron chi connectivity index (χ1n) is 10.5. The third-order valence-electron chi connectivity index (χ3n) is 5.26. The van der Waals surface area contributed by atoms with Crippen molar-refractivity contribution < 1.29 is 14.6 Å². The van der Waals surface area contributed by atoms with E-state index in [0.717, 1.165) is 28.0 Å². The molecule has 33 heavy (non-hydrogen) atoms. The highest BCUT2D eigenvalue weighted by molar-refractivity contribution is 5.98. The van der Waals surface area contributed by atoms with Crippen LogP contribution in [0.5, 0.6) is 5.88 Å². The van der Waals surface area contributed by atoms with Crippen LogP contribution in [0.2, 0.25) is 0 Å². The second kappa shape index (κ2) is 9.12. The average Bonchev–Trinajstić information content (AvgIpc) is 3.17. The summed E-state index contributed by atoms with van der Waals surface area (Å²) in [7, 11) is 0. The number of aliphatic carboxylic acids is 1. The molecule has 0 spiro atoms. The SMILES string of the molecule is Cc1cc(OCC(C)(C)C(=O)O)ncc1C1=CN=C(c2ncc(-c3ccccc3)[nH]2)NC=C1. The molecular formula is C25H25N5O3. The van der Waals surface area contributed by atoms with E-state index >= 15 is 0 Å². The summed E-state index contributed by atoms with van der Waals surface area (Å²) in [6.07, 6.45) is 8.97. The summed E-state index contributed by atoms with van der Waals surface area (Å²) in [6, 6.07) is 11.8. The van der Waals surface area contributed by atoms with E-state index in [1.165, 1.54) is 0 Å². The third-order valence-corrected chi connectivity index (χ3v) is 5.26. The van der Waals surface area contributed by atoms with Crippen molar-refractivity contribution in [3.8, 4) is 17.1 Å². The van der Waals surface area contributed by atoms with E-state index < -0.39 is 11.4 Å². The number of pyridine rings is 1. The Morgan fingerprint density at radius 3 is 2.67 bits per heavy atom. The van der Waals surface area contributed by atoms with Gasteiger partial charge in [0.15, 0.2) is 11.7 Å². The van der Waals surface area contributed by atoms with E-state index in [1.807, 2.05) is 49.5 Å². The molecule has 2 aromatic heterocycles. The van der Waals surface area contributed by atoms with Gasteiger partial charge in [-0.3, -0.25) is 4.79 Å². The number of carbonyl (C=O) groups is 1. The zero-order valence-corrected chi connectivity index (χ0v) is 18.7. The summed E-state index contributed by atoms with van der Waals surface area (Å²) in [5.74, 6) is 0.703. The minimum absolute atomic E-state index is 0.0302. The maximum absolute atomic E-state index is 11.3. The van der Waals surface area contributed by atoms with Gasteiger partial charge in [0.1, 0.15) is 6.61 Å². The van der Waals surface area contributed by atoms with E-state index in [2.05, 4.69) is 25.3 Å². The van der Waals surface area contributed by atoms with Gasteiger partial charge in [0.2, 0.25) is 5.88 Å². The Morgan fingerprint density at radius 2 is 1.94 bits per heavy atom. The molecular weight excluding hydrogens is 418 g/mol. The van der Waals surface area contributed by atoms with Gasteiger partial charge in [0, 0.05) is 35.8 Å². The first-order valence-corrected chi connectivity index (χ1v) is 10.5. The summed E-state index contributed by atoms with van der Waals surface area (Å²) in [5, 5.41) is 12.4. The number of aryl methyl sites for hydroxylation is 1. The molecule has 8 nitrogen and oxygen atoms in total. The van der Waals surface area contributed by atoms with Crippen molar-refractivity contribution in [3.05, 3.63) is 84.2 Å². The Labute approximate surface area is 191 Å². The molecule has 0 amide bonds. The van der Waals surface area contributed by atoms with Crippen molar-refractivity contribution in [1.82, 2.24) is 20.3 Å². The normalized spacial score (nSPS) is 13.5. The van der Waals surface area contributed by atoms with Crippen molar-refractivity contribution in [2.45, 2.75) is 20.8 Å². The Balaban J connectivity index is 1.52. The zero-order chi connectivity index (χ0) is 23.4. The van der Waals surface area contributed by atoms with Crippen molar-refractivity contribution in [3.63, 3.8) is 0 Å². The van der Waals surface area contributed by atoms with E-state index in [1.54, 1.807) is 38.5 Å². The number of carboxylic acids is 1. The van der Waals surface area contributed by atoms with Crippen LogP contribution < -0.4 is 10.1 Å². The van der Waals surface area contributed by atoms with Gasteiger partial charge < -0.3 is 20.1 Å². The molecule has 0 saturated carbocycles. The quantitative estimate of drug-likeness (QED) is 0.505. The fourth-order valence-corrected chi connectivity index (χ4v) is 3.15. The Bertz CT molecular complexity index is 1260. The zero-order valence-electron chi connectivity index (χ0n) is 18.7. The van der Waals surface area contributed by atoms with Crippen LogP contribution in [0.3, 0.4) is 0 Å². The van der Waals surface area contributed by atoms with Gasteiger partial charge in [-0.2, -0.15) is 0 Å². The number of ether oxygens (including phenoxy) is 1. The maximum atomic E-state index is 11.3. The average molecular weight is 444 g/mol. The van der Waals surface area contributed by atoms with Gasteiger partial charge >= 0.3 is 5.97 Å². The number of amidine groups is 1. The topological polar surface area (TPSA) is 112 Å². The number of imidazole rings is 1. The molecule has 168 valence electrons. The number of aliphatic imine (C=N–C) groups is 1. The molecule has 3 heterocycles. The number of allylic oxidation sites excluding steroid dienone is 2. The molecule has 4 rings (SSSR count). The second-order valence-corrected chi connectivity index (χ2v) is 8.37. The first-order chi connectivity index (χ1) is 15.8. The predicted octanol–water partition coefficient (Wildman–Crippen LogP) is 4.17. The van der Waals surface area contributed by atoms with Gasteiger partial charge in [-0.05, 0) is 38.0 Å². The lowest BCUT2D eigenvalue weighted by atomic mass is 9.95. The Kier molecular flexibility index (Phi) is 6.08. The van der Waals surface area contributed by atoms with Crippen LogP contribution in [0.4, 0.5) is 0 Å². The summed E-state index contributed by atoms with van der Waals surface area (Å²) in [4.78, 5) is 27.9. The summed E-state index contributed by atoms with van der Waals surface area (Å²) in [5.41, 5.74) is 3.67. The van der Waals surface area contributed by atoms with Crippen LogP contribution in [0, 0.1) is 12.3 Å². The van der Waals surface area contributed by atoms with Gasteiger partial charge in [0.05, 0.1) is 17.3 Å². The Hall–Kier alpha value is -4.20. The predicted molar refractivity (Wildman–Crippen MR) is 127 cm³/mol. The molecule has 0 radical (unpaired) electrons. The van der Waals surface area contributed by atoms with Crippen molar-refractivity contribution >= 4 is 17.4 Å². The van der Waals surface area contributed by atoms with Crippen LogP contribution in [-0.4, -0.2) is 38.5 Å². The highest BCUT2D eigenvalue weighted by atomic mass is 16.5. The number of hydrogen-bond donors (Lipinski definition) is 3. The number of H-pyrrole nitrogens is 1. The molecule has 1 aromatic carbocycles. The molecule has 3 N–H and O–H groups in total. The van der Waals surface area contributed by atoms with Gasteiger partial charge in [-0.1, -0.05) is 30.3 Å². The van der Waals surface area contributed by atoms with Crippen LogP contribution in [0.15, 0.2) is 72.3 Å². The Morgan fingerprint density at radius 1 is 1.15 bits per heavy atom. The number of rotatable bonds is 7. The molecule has 0 aliphatic carbocycles. The van der Waals surface area contributed by atoms with E-state index in [9.17, 15) is 9.90 Å². The number of benzene rings is 1. The first kappa shape index (κ1) is 22.0. The monoisotopic (exact) mass is 443 g/mol. The van der Waals surface area contributed by atoms with Crippen LogP contribution in [0.25, 0.3) is 16.8 Å². The number of aromatic amines is 1. The maximum Gasteiger partial charge on any atom is 0.312 e. The van der Waals surface area contributed by atoms with Gasteiger partial charge in [-0.25, -0.2) is 15.0 Å². The van der Waals surface area contributed by atoms with E-state index in [-0.39, 0.29) is 6.61 Å². The fraction of sp³-hybridized carbons (Fsp3) is 0.200. The fourth-order valence-electron chi connectivity index (χ4n) is 3.15. The third kappa shape index (κ3) is 5.01. The van der Waals surface area contributed by atoms with E-state index in [0.29, 0.717) is 17.5 Å². The molecule has 0 atom stereocenters. The molecule has 0 saturated heterocycles. The minimum atomic E-state index is -0.996. The van der Waals surface area contributed by atoms with Crippen molar-refractivity contribution in [2.75, 3.05) is 6.61 Å². The molecule has 3 aromatic rings. The largest absolute Gasteiger partial charge is 0.481 e. The molecule has 1 aliphatic rings. The molecule has 0 bridgehead atoms. The summed E-state index contributed by atoms with van der Waals surface area (Å²) in [6.45, 7) is 5.20.